The average Bonchev–Trinajstić information content (AvgIpc) is 2.89. The van der Waals surface area contributed by atoms with Crippen molar-refractivity contribution in [3.63, 3.8) is 0 Å². The van der Waals surface area contributed by atoms with Crippen LogP contribution in [-0.2, 0) is 6.54 Å². The fourth-order valence-electron chi connectivity index (χ4n) is 2.25. The van der Waals surface area contributed by atoms with Crippen molar-refractivity contribution >= 4 is 28.5 Å². The van der Waals surface area contributed by atoms with E-state index in [1.54, 1.807) is 17.8 Å². The molecule has 3 rings (SSSR count). The number of nitrogens with zero attached hydrogens (tertiary/aromatic N) is 3. The van der Waals surface area contributed by atoms with Crippen LogP contribution >= 0.6 is 11.6 Å². The minimum absolute atomic E-state index is 0.223. The Kier molecular flexibility index (Phi) is 5.34. The topological polar surface area (TPSA) is 68.0 Å². The zero-order valence-electron chi connectivity index (χ0n) is 13.2. The number of fused-ring (bicyclic) bond motifs is 1. The van der Waals surface area contributed by atoms with E-state index in [1.165, 1.54) is 6.20 Å². The third-order valence-corrected chi connectivity index (χ3v) is 3.44. The van der Waals surface area contributed by atoms with E-state index in [0.717, 1.165) is 16.5 Å². The molecule has 0 unspecified atom stereocenters. The molecule has 6 heteroatoms. The highest BCUT2D eigenvalue weighted by Crippen LogP contribution is 2.19. The van der Waals surface area contributed by atoms with Gasteiger partial charge in [-0.2, -0.15) is 5.10 Å². The lowest BCUT2D eigenvalue weighted by molar-refractivity contribution is 0.0696. The van der Waals surface area contributed by atoms with E-state index in [1.807, 2.05) is 38.1 Å². The fourth-order valence-corrected chi connectivity index (χ4v) is 2.41. The summed E-state index contributed by atoms with van der Waals surface area (Å²) in [4.78, 5) is 15.3. The molecule has 1 N–H and O–H groups in total. The number of aromatic carboxylic acids is 1. The number of carbonyl (C=O) groups is 1. The normalized spacial score (nSPS) is 10.3. The lowest BCUT2D eigenvalue weighted by Crippen LogP contribution is -2.00. The summed E-state index contributed by atoms with van der Waals surface area (Å²) in [6, 6.07) is 7.69. The van der Waals surface area contributed by atoms with Crippen LogP contribution in [0.15, 0.2) is 36.7 Å². The molecule has 0 bridgehead atoms. The van der Waals surface area contributed by atoms with Crippen LogP contribution in [0.5, 0.6) is 0 Å². The Bertz CT molecular complexity index is 843. The summed E-state index contributed by atoms with van der Waals surface area (Å²) in [5, 5.41) is 14.8. The standard InChI is InChI=1S/C15H12ClN3O2.C2H6/c1-9-13(15(20)21)8-19(18-9)7-10-2-3-14-11(4-10)5-12(16)6-17-14;1-2/h2-6,8H,7H2,1H3,(H,20,21);1-2H3. The first kappa shape index (κ1) is 17.0. The van der Waals surface area contributed by atoms with Gasteiger partial charge in [-0.3, -0.25) is 9.67 Å². The zero-order chi connectivity index (χ0) is 17.0. The van der Waals surface area contributed by atoms with E-state index in [4.69, 9.17) is 16.7 Å². The van der Waals surface area contributed by atoms with Crippen LogP contribution in [0.1, 0.15) is 35.5 Å². The van der Waals surface area contributed by atoms with E-state index in [0.29, 0.717) is 17.3 Å². The molecular weight excluding hydrogens is 314 g/mol. The van der Waals surface area contributed by atoms with Crippen molar-refractivity contribution in [1.82, 2.24) is 14.8 Å². The largest absolute Gasteiger partial charge is 0.478 e. The van der Waals surface area contributed by atoms with Gasteiger partial charge in [0.2, 0.25) is 0 Å². The zero-order valence-corrected chi connectivity index (χ0v) is 14.0. The molecule has 120 valence electrons. The molecule has 0 amide bonds. The van der Waals surface area contributed by atoms with Crippen molar-refractivity contribution in [3.8, 4) is 0 Å². The third kappa shape index (κ3) is 3.87. The molecule has 0 atom stereocenters. The fraction of sp³-hybridized carbons (Fsp3) is 0.235. The lowest BCUT2D eigenvalue weighted by Gasteiger charge is -2.04. The quantitative estimate of drug-likeness (QED) is 0.782. The summed E-state index contributed by atoms with van der Waals surface area (Å²) in [6.07, 6.45) is 3.15. The van der Waals surface area contributed by atoms with Gasteiger partial charge >= 0.3 is 5.97 Å². The van der Waals surface area contributed by atoms with E-state index >= 15 is 0 Å². The van der Waals surface area contributed by atoms with Crippen LogP contribution in [0.2, 0.25) is 5.02 Å². The first-order chi connectivity index (χ1) is 11.0. The van der Waals surface area contributed by atoms with E-state index < -0.39 is 5.97 Å². The summed E-state index contributed by atoms with van der Waals surface area (Å²) < 4.78 is 1.62. The number of pyridine rings is 1. The number of halogens is 1. The summed E-state index contributed by atoms with van der Waals surface area (Å²) in [5.41, 5.74) is 2.60. The minimum atomic E-state index is -0.965. The van der Waals surface area contributed by atoms with Gasteiger partial charge in [-0.05, 0) is 30.7 Å². The highest BCUT2D eigenvalue weighted by atomic mass is 35.5. The molecule has 0 aliphatic heterocycles. The highest BCUT2D eigenvalue weighted by Gasteiger charge is 2.11. The number of aromatic nitrogens is 3. The summed E-state index contributed by atoms with van der Waals surface area (Å²) in [5.74, 6) is -0.965. The number of carboxylic acid groups (broad SMARTS) is 1. The van der Waals surface area contributed by atoms with Gasteiger partial charge in [0.1, 0.15) is 5.56 Å². The first-order valence-corrected chi connectivity index (χ1v) is 7.72. The van der Waals surface area contributed by atoms with Crippen LogP contribution in [-0.4, -0.2) is 25.8 Å². The minimum Gasteiger partial charge on any atom is -0.478 e. The van der Waals surface area contributed by atoms with Crippen LogP contribution in [0.25, 0.3) is 10.9 Å². The van der Waals surface area contributed by atoms with E-state index in [9.17, 15) is 4.79 Å². The third-order valence-electron chi connectivity index (χ3n) is 3.23. The number of hydrogen-bond donors (Lipinski definition) is 1. The highest BCUT2D eigenvalue weighted by molar-refractivity contribution is 6.31. The maximum atomic E-state index is 11.0. The van der Waals surface area contributed by atoms with E-state index in [-0.39, 0.29) is 5.56 Å². The first-order valence-electron chi connectivity index (χ1n) is 7.34. The molecule has 0 saturated heterocycles. The van der Waals surface area contributed by atoms with Crippen LogP contribution in [0.4, 0.5) is 0 Å². The van der Waals surface area contributed by atoms with Gasteiger partial charge in [-0.1, -0.05) is 31.5 Å². The van der Waals surface area contributed by atoms with Gasteiger partial charge in [0.25, 0.3) is 0 Å². The average molecular weight is 332 g/mol. The Hall–Kier alpha value is -2.40. The SMILES string of the molecule is CC.Cc1nn(Cc2ccc3ncc(Cl)cc3c2)cc1C(=O)O. The van der Waals surface area contributed by atoms with Gasteiger partial charge in [-0.25, -0.2) is 4.79 Å². The number of hydrogen-bond acceptors (Lipinski definition) is 3. The molecule has 0 fully saturated rings. The van der Waals surface area contributed by atoms with Crippen molar-refractivity contribution < 1.29 is 9.90 Å². The maximum absolute atomic E-state index is 11.0. The van der Waals surface area contributed by atoms with Crippen molar-refractivity contribution in [2.24, 2.45) is 0 Å². The second-order valence-electron chi connectivity index (χ2n) is 4.81. The van der Waals surface area contributed by atoms with Gasteiger partial charge < -0.3 is 5.11 Å². The summed E-state index contributed by atoms with van der Waals surface area (Å²) in [6.45, 7) is 6.18. The summed E-state index contributed by atoms with van der Waals surface area (Å²) in [7, 11) is 0. The summed E-state index contributed by atoms with van der Waals surface area (Å²) >= 11 is 5.94. The molecule has 3 aromatic rings. The number of carboxylic acids is 1. The van der Waals surface area contributed by atoms with Gasteiger partial charge in [0.05, 0.1) is 22.8 Å². The Morgan fingerprint density at radius 1 is 1.30 bits per heavy atom. The molecule has 23 heavy (non-hydrogen) atoms. The maximum Gasteiger partial charge on any atom is 0.339 e. The van der Waals surface area contributed by atoms with Gasteiger partial charge in [0.15, 0.2) is 0 Å². The second kappa shape index (κ2) is 7.24. The molecule has 0 radical (unpaired) electrons. The molecule has 0 aliphatic rings. The molecule has 2 aromatic heterocycles. The number of aryl methyl sites for hydroxylation is 1. The Morgan fingerprint density at radius 2 is 2.04 bits per heavy atom. The van der Waals surface area contributed by atoms with E-state index in [2.05, 4.69) is 10.1 Å². The molecule has 0 saturated carbocycles. The predicted octanol–water partition coefficient (Wildman–Crippen LogP) is 4.17. The molecule has 0 aliphatic carbocycles. The molecule has 5 nitrogen and oxygen atoms in total. The monoisotopic (exact) mass is 331 g/mol. The van der Waals surface area contributed by atoms with Crippen LogP contribution in [0.3, 0.4) is 0 Å². The van der Waals surface area contributed by atoms with Crippen molar-refractivity contribution in [1.29, 1.82) is 0 Å². The smallest absolute Gasteiger partial charge is 0.339 e. The van der Waals surface area contributed by atoms with Crippen molar-refractivity contribution in [2.75, 3.05) is 0 Å². The van der Waals surface area contributed by atoms with Crippen molar-refractivity contribution in [3.05, 3.63) is 58.5 Å². The molecular formula is C17H18ClN3O2. The molecule has 0 spiro atoms. The Balaban J connectivity index is 0.000000924. The van der Waals surface area contributed by atoms with Crippen LogP contribution < -0.4 is 0 Å². The molecule has 2 heterocycles. The Labute approximate surface area is 139 Å². The number of rotatable bonds is 3. The van der Waals surface area contributed by atoms with Gasteiger partial charge in [-0.15, -0.1) is 0 Å². The van der Waals surface area contributed by atoms with Crippen molar-refractivity contribution in [2.45, 2.75) is 27.3 Å². The van der Waals surface area contributed by atoms with Crippen LogP contribution in [0, 0.1) is 6.92 Å². The Morgan fingerprint density at radius 3 is 2.70 bits per heavy atom. The lowest BCUT2D eigenvalue weighted by atomic mass is 10.1. The van der Waals surface area contributed by atoms with Gasteiger partial charge in [0, 0.05) is 17.8 Å². The predicted molar refractivity (Wildman–Crippen MR) is 91.1 cm³/mol. The number of benzene rings is 1. The molecule has 1 aromatic carbocycles. The second-order valence-corrected chi connectivity index (χ2v) is 5.25.